The second-order valence-corrected chi connectivity index (χ2v) is 11.1. The van der Waals surface area contributed by atoms with Gasteiger partial charge in [-0.2, -0.15) is 0 Å². The summed E-state index contributed by atoms with van der Waals surface area (Å²) in [6.07, 6.45) is 0.978. The molecule has 0 fully saturated rings. The van der Waals surface area contributed by atoms with E-state index in [1.165, 1.54) is 22.3 Å². The van der Waals surface area contributed by atoms with E-state index in [1.54, 1.807) is 0 Å². The van der Waals surface area contributed by atoms with Crippen molar-refractivity contribution >= 4 is 28.0 Å². The molecule has 0 amide bonds. The van der Waals surface area contributed by atoms with Crippen molar-refractivity contribution in [1.29, 1.82) is 0 Å². The molecule has 1 unspecified atom stereocenters. The van der Waals surface area contributed by atoms with Gasteiger partial charge in [0.15, 0.2) is 5.25 Å². The molecule has 0 aromatic heterocycles. The van der Waals surface area contributed by atoms with Gasteiger partial charge < -0.3 is 9.79 Å². The van der Waals surface area contributed by atoms with Crippen LogP contribution in [0.5, 0.6) is 0 Å². The van der Waals surface area contributed by atoms with E-state index in [9.17, 15) is 9.79 Å². The minimum absolute atomic E-state index is 0.282. The third kappa shape index (κ3) is 6.44. The van der Waals surface area contributed by atoms with Gasteiger partial charge in [-0.25, -0.2) is 0 Å². The van der Waals surface area contributed by atoms with Gasteiger partial charge >= 0.3 is 5.69 Å². The maximum Gasteiger partial charge on any atom is 0.430 e. The summed E-state index contributed by atoms with van der Waals surface area (Å²) in [5.41, 5.74) is -2.74. The van der Waals surface area contributed by atoms with Gasteiger partial charge in [-0.15, -0.1) is 0 Å². The molecular formula is C7H18O2PS2+. The van der Waals surface area contributed by atoms with E-state index in [1.807, 2.05) is 20.8 Å². The number of hydrogen-bond donors (Lipinski definition) is 2. The largest absolute Gasteiger partial charge is 0.430 e. The van der Waals surface area contributed by atoms with Gasteiger partial charge in [0, 0.05) is 11.7 Å². The van der Waals surface area contributed by atoms with Crippen LogP contribution < -0.4 is 0 Å². The Kier molecular flexibility index (Phi) is 6.04. The highest BCUT2D eigenvalue weighted by Crippen LogP contribution is 2.55. The summed E-state index contributed by atoms with van der Waals surface area (Å²) in [6, 6.07) is 0. The molecule has 0 aromatic rings. The maximum atomic E-state index is 9.58. The van der Waals surface area contributed by atoms with Crippen LogP contribution >= 0.6 is 17.1 Å². The van der Waals surface area contributed by atoms with Crippen molar-refractivity contribution in [2.75, 3.05) is 0 Å². The highest BCUT2D eigenvalue weighted by Gasteiger charge is 2.28. The number of hydrogen-bond acceptors (Lipinski definition) is 1. The fourth-order valence-electron chi connectivity index (χ4n) is 0.608. The third-order valence-corrected chi connectivity index (χ3v) is 8.45. The van der Waals surface area contributed by atoms with Crippen molar-refractivity contribution in [3.05, 3.63) is 0 Å². The summed E-state index contributed by atoms with van der Waals surface area (Å²) in [7, 11) is 1.32. The highest BCUT2D eigenvalue weighted by atomic mass is 32.9. The first-order valence-electron chi connectivity index (χ1n) is 4.08. The van der Waals surface area contributed by atoms with Crippen LogP contribution in [0.3, 0.4) is 0 Å². The monoisotopic (exact) mass is 229 g/mol. The molecule has 5 heteroatoms. The van der Waals surface area contributed by atoms with Gasteiger partial charge in [-0.3, -0.25) is 0 Å². The standard InChI is InChI=1S/C7H18O2PS2/c1-5-7(4)12-10(8,9)11-6(2)3/h6-9H,5H2,1-4H3/q+1. The average Bonchev–Trinajstić information content (AvgIpc) is 1.83. The van der Waals surface area contributed by atoms with Crippen LogP contribution in [-0.4, -0.2) is 20.3 Å². The van der Waals surface area contributed by atoms with E-state index >= 15 is 0 Å². The first-order chi connectivity index (χ1) is 5.37. The summed E-state index contributed by atoms with van der Waals surface area (Å²) < 4.78 is 0. The Labute approximate surface area is 82.7 Å². The molecule has 0 heterocycles. The first kappa shape index (κ1) is 12.9. The molecule has 0 saturated carbocycles. The van der Waals surface area contributed by atoms with Crippen LogP contribution in [0, 0.1) is 0 Å². The quantitative estimate of drug-likeness (QED) is 0.575. The smallest absolute Gasteiger partial charge is 0.304 e. The fraction of sp³-hybridized carbons (Fsp3) is 1.00. The maximum absolute atomic E-state index is 9.58. The number of rotatable bonds is 4. The molecule has 0 aliphatic rings. The zero-order valence-electron chi connectivity index (χ0n) is 8.02. The topological polar surface area (TPSA) is 40.5 Å². The van der Waals surface area contributed by atoms with E-state index in [2.05, 4.69) is 6.92 Å². The summed E-state index contributed by atoms with van der Waals surface area (Å²) in [5, 5.41) is 0.615. The Hall–Kier alpha value is 0.920. The van der Waals surface area contributed by atoms with Gasteiger partial charge in [0.2, 0.25) is 10.9 Å². The molecule has 0 rings (SSSR count). The van der Waals surface area contributed by atoms with Crippen molar-refractivity contribution in [1.82, 2.24) is 0 Å². The van der Waals surface area contributed by atoms with Crippen molar-refractivity contribution in [3.8, 4) is 0 Å². The van der Waals surface area contributed by atoms with Gasteiger partial charge in [-0.05, 0) is 18.3 Å². The van der Waals surface area contributed by atoms with Gasteiger partial charge in [-0.1, -0.05) is 20.8 Å². The van der Waals surface area contributed by atoms with Crippen molar-refractivity contribution in [2.45, 2.75) is 44.6 Å². The summed E-state index contributed by atoms with van der Waals surface area (Å²) in [4.78, 5) is 19.2. The molecular weight excluding hydrogens is 211 g/mol. The first-order valence-corrected chi connectivity index (χ1v) is 8.75. The molecule has 1 atom stereocenters. The van der Waals surface area contributed by atoms with E-state index in [-0.39, 0.29) is 5.25 Å². The van der Waals surface area contributed by atoms with Crippen LogP contribution in [-0.2, 0) is 10.9 Å². The molecule has 0 aromatic carbocycles. The molecule has 74 valence electrons. The lowest BCUT2D eigenvalue weighted by Gasteiger charge is -2.04. The van der Waals surface area contributed by atoms with Crippen LogP contribution in [0.1, 0.15) is 34.1 Å². The van der Waals surface area contributed by atoms with Crippen molar-refractivity contribution in [2.24, 2.45) is 0 Å². The average molecular weight is 229 g/mol. The summed E-state index contributed by atoms with van der Waals surface area (Å²) in [5.74, 6) is 0. The van der Waals surface area contributed by atoms with Gasteiger partial charge in [0.25, 0.3) is 0 Å². The lowest BCUT2D eigenvalue weighted by molar-refractivity contribution is 0.501. The predicted molar refractivity (Wildman–Crippen MR) is 61.2 cm³/mol. The molecule has 0 saturated heterocycles. The molecule has 0 aliphatic carbocycles. The zero-order chi connectivity index (χ0) is 9.78. The van der Waals surface area contributed by atoms with Crippen LogP contribution in [0.2, 0.25) is 0 Å². The van der Waals surface area contributed by atoms with E-state index in [0.29, 0.717) is 5.25 Å². The summed E-state index contributed by atoms with van der Waals surface area (Å²) in [6.45, 7) is 8.02. The zero-order valence-corrected chi connectivity index (χ0v) is 10.5. The normalized spacial score (nSPS) is 14.9. The molecule has 12 heavy (non-hydrogen) atoms. The van der Waals surface area contributed by atoms with Gasteiger partial charge in [0.05, 0.1) is 0 Å². The predicted octanol–water partition coefficient (Wildman–Crippen LogP) is 2.67. The minimum Gasteiger partial charge on any atom is -0.304 e. The Morgan fingerprint density at radius 2 is 1.83 bits per heavy atom. The van der Waals surface area contributed by atoms with Crippen molar-refractivity contribution in [3.63, 3.8) is 0 Å². The molecule has 0 spiro atoms. The Morgan fingerprint density at radius 3 is 2.17 bits per heavy atom. The molecule has 2 nitrogen and oxygen atoms in total. The van der Waals surface area contributed by atoms with Crippen LogP contribution in [0.15, 0.2) is 0 Å². The molecule has 2 N–H and O–H groups in total. The van der Waals surface area contributed by atoms with Crippen molar-refractivity contribution < 1.29 is 9.79 Å². The Balaban J connectivity index is 4.26. The Bertz CT molecular complexity index is 176. The summed E-state index contributed by atoms with van der Waals surface area (Å²) >= 11 is 1.29. The van der Waals surface area contributed by atoms with E-state index < -0.39 is 5.69 Å². The lowest BCUT2D eigenvalue weighted by Crippen LogP contribution is -1.97. The molecule has 0 bridgehead atoms. The second kappa shape index (κ2) is 5.61. The third-order valence-electron chi connectivity index (χ3n) is 1.24. The second-order valence-electron chi connectivity index (χ2n) is 2.97. The van der Waals surface area contributed by atoms with Gasteiger partial charge in [0.1, 0.15) is 0 Å². The van der Waals surface area contributed by atoms with E-state index in [0.717, 1.165) is 6.42 Å². The Morgan fingerprint density at radius 1 is 1.33 bits per heavy atom. The highest BCUT2D eigenvalue weighted by molar-refractivity contribution is 8.69. The fourth-order valence-corrected chi connectivity index (χ4v) is 8.79. The molecule has 0 radical (unpaired) electrons. The van der Waals surface area contributed by atoms with Crippen LogP contribution in [0.25, 0.3) is 0 Å². The van der Waals surface area contributed by atoms with Crippen LogP contribution in [0.4, 0.5) is 0 Å². The SMILES string of the molecule is CCC(C)[S+]=P(O)(O)SC(C)C. The lowest BCUT2D eigenvalue weighted by atomic mass is 10.4. The molecule has 0 aliphatic heterocycles. The minimum atomic E-state index is -2.74. The van der Waals surface area contributed by atoms with E-state index in [4.69, 9.17) is 0 Å².